The number of carbonyl (C=O) groups is 3. The van der Waals surface area contributed by atoms with Crippen LogP contribution in [0.3, 0.4) is 0 Å². The summed E-state index contributed by atoms with van der Waals surface area (Å²) in [7, 11) is 1.56. The molecule has 1 atom stereocenters. The van der Waals surface area contributed by atoms with E-state index >= 15 is 0 Å². The number of nitrogens with zero attached hydrogens (tertiary/aromatic N) is 1. The maximum atomic E-state index is 13.7. The van der Waals surface area contributed by atoms with E-state index in [0.717, 1.165) is 5.56 Å². The number of aryl methyl sites for hydroxylation is 1. The molecule has 0 saturated carbocycles. The van der Waals surface area contributed by atoms with Crippen LogP contribution in [0.1, 0.15) is 32.3 Å². The number of nitro groups is 1. The number of amides is 3. The topological polar surface area (TPSA) is 140 Å². The molecule has 0 saturated heterocycles. The van der Waals surface area contributed by atoms with Crippen molar-refractivity contribution in [1.82, 2.24) is 5.32 Å². The van der Waals surface area contributed by atoms with Crippen LogP contribution in [0.25, 0.3) is 6.08 Å². The van der Waals surface area contributed by atoms with Crippen LogP contribution in [0.5, 0.6) is 5.75 Å². The number of nitro benzene ring substituents is 1. The highest BCUT2D eigenvalue weighted by Gasteiger charge is 2.24. The van der Waals surface area contributed by atoms with Crippen molar-refractivity contribution in [2.75, 3.05) is 17.7 Å². The molecule has 0 heterocycles. The van der Waals surface area contributed by atoms with Gasteiger partial charge in [0.05, 0.1) is 17.7 Å². The smallest absolute Gasteiger partial charge is 0.272 e. The summed E-state index contributed by atoms with van der Waals surface area (Å²) in [5.41, 5.74) is 3.12. The van der Waals surface area contributed by atoms with E-state index in [1.807, 2.05) is 36.4 Å². The Morgan fingerprint density at radius 3 is 2.18 bits per heavy atom. The highest BCUT2D eigenvalue weighted by atomic mass is 32.2. The van der Waals surface area contributed by atoms with Gasteiger partial charge in [-0.15, -0.1) is 11.8 Å². The van der Waals surface area contributed by atoms with Crippen LogP contribution in [-0.4, -0.2) is 29.8 Å². The lowest BCUT2D eigenvalue weighted by Crippen LogP contribution is -2.30. The molecule has 0 fully saturated rings. The van der Waals surface area contributed by atoms with Crippen LogP contribution in [0.4, 0.5) is 17.1 Å². The molecule has 1 unspecified atom stereocenters. The predicted octanol–water partition coefficient (Wildman–Crippen LogP) is 7.79. The Hall–Kier alpha value is -6.20. The van der Waals surface area contributed by atoms with Crippen molar-refractivity contribution in [3.63, 3.8) is 0 Å². The van der Waals surface area contributed by atoms with Crippen molar-refractivity contribution in [3.8, 4) is 5.75 Å². The molecule has 3 amide bonds. The van der Waals surface area contributed by atoms with Gasteiger partial charge in [-0.25, -0.2) is 0 Å². The van der Waals surface area contributed by atoms with Crippen LogP contribution in [-0.2, 0) is 9.59 Å². The lowest BCUT2D eigenvalue weighted by Gasteiger charge is -2.18. The fraction of sp³-hybridized carbons (Fsp3) is 0.0789. The van der Waals surface area contributed by atoms with Gasteiger partial charge >= 0.3 is 0 Å². The molecule has 3 N–H and O–H groups in total. The SMILES string of the molecule is COc1ccc(/C=C(/NC(=O)c2ccccc2)C(=O)Nc2cccc(SC(C(=O)Nc3cc([N+](=O)[O-])ccc3C)c3ccccc3)c2)cc1. The zero-order valence-electron chi connectivity index (χ0n) is 26.6. The first-order valence-corrected chi connectivity index (χ1v) is 16.0. The van der Waals surface area contributed by atoms with Crippen molar-refractivity contribution in [2.24, 2.45) is 0 Å². The minimum Gasteiger partial charge on any atom is -0.497 e. The molecule has 0 bridgehead atoms. The summed E-state index contributed by atoms with van der Waals surface area (Å²) in [5, 5.41) is 19.1. The van der Waals surface area contributed by atoms with Crippen molar-refractivity contribution in [1.29, 1.82) is 0 Å². The van der Waals surface area contributed by atoms with Gasteiger partial charge in [0.25, 0.3) is 17.5 Å². The van der Waals surface area contributed by atoms with Gasteiger partial charge in [-0.2, -0.15) is 0 Å². The van der Waals surface area contributed by atoms with Gasteiger partial charge in [-0.1, -0.05) is 72.8 Å². The van der Waals surface area contributed by atoms with E-state index in [-0.39, 0.29) is 17.3 Å². The van der Waals surface area contributed by atoms with E-state index < -0.39 is 22.0 Å². The second-order valence-electron chi connectivity index (χ2n) is 10.8. The van der Waals surface area contributed by atoms with Crippen LogP contribution in [0.15, 0.2) is 138 Å². The summed E-state index contributed by atoms with van der Waals surface area (Å²) < 4.78 is 5.23. The molecule has 0 radical (unpaired) electrons. The van der Waals surface area contributed by atoms with Crippen LogP contribution >= 0.6 is 11.8 Å². The summed E-state index contributed by atoms with van der Waals surface area (Å²) in [6.45, 7) is 1.76. The maximum absolute atomic E-state index is 13.7. The van der Waals surface area contributed by atoms with Gasteiger partial charge in [0.1, 0.15) is 16.7 Å². The summed E-state index contributed by atoms with van der Waals surface area (Å²) in [6.07, 6.45) is 1.57. The predicted molar refractivity (Wildman–Crippen MR) is 191 cm³/mol. The Kier molecular flexibility index (Phi) is 11.2. The van der Waals surface area contributed by atoms with E-state index in [2.05, 4.69) is 16.0 Å². The number of methoxy groups -OCH3 is 1. The van der Waals surface area contributed by atoms with E-state index in [0.29, 0.717) is 38.7 Å². The highest BCUT2D eigenvalue weighted by molar-refractivity contribution is 8.00. The normalized spacial score (nSPS) is 11.6. The summed E-state index contributed by atoms with van der Waals surface area (Å²) in [4.78, 5) is 51.9. The molecule has 49 heavy (non-hydrogen) atoms. The molecule has 0 spiro atoms. The molecule has 0 aliphatic rings. The van der Waals surface area contributed by atoms with Gasteiger partial charge in [0.15, 0.2) is 0 Å². The fourth-order valence-corrected chi connectivity index (χ4v) is 5.83. The number of hydrogen-bond acceptors (Lipinski definition) is 7. The second kappa shape index (κ2) is 16.1. The number of anilines is 2. The van der Waals surface area contributed by atoms with Crippen LogP contribution in [0, 0.1) is 17.0 Å². The molecule has 246 valence electrons. The zero-order chi connectivity index (χ0) is 34.8. The van der Waals surface area contributed by atoms with Crippen molar-refractivity contribution >= 4 is 52.6 Å². The van der Waals surface area contributed by atoms with Gasteiger partial charge in [-0.05, 0) is 72.2 Å². The number of ether oxygens (including phenoxy) is 1. The van der Waals surface area contributed by atoms with Gasteiger partial charge in [0.2, 0.25) is 5.91 Å². The zero-order valence-corrected chi connectivity index (χ0v) is 27.4. The van der Waals surface area contributed by atoms with E-state index in [1.165, 1.54) is 23.9 Å². The molecule has 0 aliphatic heterocycles. The van der Waals surface area contributed by atoms with E-state index in [9.17, 15) is 24.5 Å². The molecule has 5 aromatic carbocycles. The van der Waals surface area contributed by atoms with Gasteiger partial charge in [-0.3, -0.25) is 24.5 Å². The number of rotatable bonds is 12. The Balaban J connectivity index is 1.39. The van der Waals surface area contributed by atoms with Gasteiger partial charge in [0, 0.05) is 28.3 Å². The van der Waals surface area contributed by atoms with Gasteiger partial charge < -0.3 is 20.7 Å². The molecule has 5 rings (SSSR count). The third-order valence-electron chi connectivity index (χ3n) is 7.33. The maximum Gasteiger partial charge on any atom is 0.272 e. The average Bonchev–Trinajstić information content (AvgIpc) is 3.12. The summed E-state index contributed by atoms with van der Waals surface area (Å²) >= 11 is 1.26. The number of non-ortho nitro benzene ring substituents is 1. The van der Waals surface area contributed by atoms with Crippen molar-refractivity contribution in [2.45, 2.75) is 17.1 Å². The quantitative estimate of drug-likeness (QED) is 0.0532. The number of benzene rings is 5. The molecule has 5 aromatic rings. The summed E-state index contributed by atoms with van der Waals surface area (Å²) in [6, 6.07) is 36.1. The van der Waals surface area contributed by atoms with Crippen molar-refractivity contribution in [3.05, 3.63) is 165 Å². The Morgan fingerprint density at radius 1 is 0.816 bits per heavy atom. The first-order valence-electron chi connectivity index (χ1n) is 15.1. The second-order valence-corrected chi connectivity index (χ2v) is 12.0. The highest BCUT2D eigenvalue weighted by Crippen LogP contribution is 2.38. The molecule has 11 heteroatoms. The molecule has 0 aliphatic carbocycles. The average molecular weight is 673 g/mol. The van der Waals surface area contributed by atoms with Crippen LogP contribution < -0.4 is 20.7 Å². The summed E-state index contributed by atoms with van der Waals surface area (Å²) in [5.74, 6) is -0.729. The third kappa shape index (κ3) is 9.21. The molecular formula is C38H32N4O6S. The lowest BCUT2D eigenvalue weighted by atomic mass is 10.1. The van der Waals surface area contributed by atoms with E-state index in [4.69, 9.17) is 4.74 Å². The first-order chi connectivity index (χ1) is 23.7. The molecular weight excluding hydrogens is 641 g/mol. The Bertz CT molecular complexity index is 2000. The number of hydrogen-bond donors (Lipinski definition) is 3. The van der Waals surface area contributed by atoms with Crippen LogP contribution in [0.2, 0.25) is 0 Å². The van der Waals surface area contributed by atoms with Crippen molar-refractivity contribution < 1.29 is 24.0 Å². The number of nitrogens with one attached hydrogen (secondary N) is 3. The minimum absolute atomic E-state index is 0.0194. The largest absolute Gasteiger partial charge is 0.497 e. The first kappa shape index (κ1) is 34.1. The number of thioether (sulfide) groups is 1. The number of carbonyl (C=O) groups excluding carboxylic acids is 3. The minimum atomic E-state index is -0.735. The molecule has 0 aromatic heterocycles. The Labute approximate surface area is 287 Å². The molecule has 10 nitrogen and oxygen atoms in total. The third-order valence-corrected chi connectivity index (χ3v) is 8.58. The standard InChI is InChI=1S/C38H32N4O6S/c1-25-16-19-30(42(46)47)24-33(25)40-38(45)35(27-10-5-3-6-11-27)49-32-15-9-14-29(23-32)39-37(44)34(22-26-17-20-31(48-2)21-18-26)41-36(43)28-12-7-4-8-13-28/h3-24,35H,1-2H3,(H,39,44)(H,40,45)(H,41,43)/b34-22+. The monoisotopic (exact) mass is 672 g/mol. The lowest BCUT2D eigenvalue weighted by molar-refractivity contribution is -0.384. The Morgan fingerprint density at radius 2 is 1.51 bits per heavy atom. The fourth-order valence-electron chi connectivity index (χ4n) is 4.75. The van der Waals surface area contributed by atoms with E-state index in [1.54, 1.807) is 99.0 Å².